The van der Waals surface area contributed by atoms with Gasteiger partial charge in [0.2, 0.25) is 17.7 Å². The number of hydrogen-bond acceptors (Lipinski definition) is 4. The van der Waals surface area contributed by atoms with Gasteiger partial charge >= 0.3 is 0 Å². The van der Waals surface area contributed by atoms with Crippen molar-refractivity contribution in [2.75, 3.05) is 32.7 Å². The van der Waals surface area contributed by atoms with Gasteiger partial charge in [-0.15, -0.1) is 0 Å². The monoisotopic (exact) mass is 338 g/mol. The fourth-order valence-electron chi connectivity index (χ4n) is 3.30. The molecule has 0 saturated carbocycles. The molecule has 3 amide bonds. The fourth-order valence-corrected chi connectivity index (χ4v) is 3.30. The summed E-state index contributed by atoms with van der Waals surface area (Å²) >= 11 is 0. The Bertz CT molecular complexity index is 474. The number of carbonyl (C=O) groups is 3. The van der Waals surface area contributed by atoms with Crippen LogP contribution in [0.2, 0.25) is 0 Å². The lowest BCUT2D eigenvalue weighted by molar-refractivity contribution is -0.140. The van der Waals surface area contributed by atoms with E-state index in [1.165, 1.54) is 0 Å². The average Bonchev–Trinajstić information content (AvgIpc) is 3.12. The first-order valence-corrected chi connectivity index (χ1v) is 9.00. The van der Waals surface area contributed by atoms with Crippen LogP contribution in [-0.2, 0) is 14.4 Å². The number of nitrogens with one attached hydrogen (secondary N) is 1. The van der Waals surface area contributed by atoms with Gasteiger partial charge in [-0.3, -0.25) is 14.4 Å². The van der Waals surface area contributed by atoms with Crippen LogP contribution in [0.5, 0.6) is 0 Å². The second-order valence-electron chi connectivity index (χ2n) is 7.20. The number of amides is 3. The van der Waals surface area contributed by atoms with Gasteiger partial charge in [-0.25, -0.2) is 0 Å². The van der Waals surface area contributed by atoms with E-state index in [0.717, 1.165) is 38.8 Å². The Kier molecular flexibility index (Phi) is 6.60. The summed E-state index contributed by atoms with van der Waals surface area (Å²) in [5.41, 5.74) is 5.77. The Morgan fingerprint density at radius 1 is 1.08 bits per heavy atom. The van der Waals surface area contributed by atoms with E-state index in [-0.39, 0.29) is 36.1 Å². The van der Waals surface area contributed by atoms with Crippen molar-refractivity contribution in [3.05, 3.63) is 0 Å². The van der Waals surface area contributed by atoms with Gasteiger partial charge in [0.05, 0.1) is 18.5 Å². The zero-order valence-electron chi connectivity index (χ0n) is 14.8. The van der Waals surface area contributed by atoms with Crippen molar-refractivity contribution in [3.8, 4) is 0 Å². The van der Waals surface area contributed by atoms with Gasteiger partial charge in [0, 0.05) is 26.2 Å². The van der Waals surface area contributed by atoms with Gasteiger partial charge in [-0.2, -0.15) is 0 Å². The van der Waals surface area contributed by atoms with Crippen LogP contribution in [0.25, 0.3) is 0 Å². The molecule has 0 aromatic rings. The predicted molar refractivity (Wildman–Crippen MR) is 90.9 cm³/mol. The standard InChI is InChI=1S/C17H30N4O3/c1-12(2)15(18)16(23)19-10-14(22)21-9-5-6-13(11-21)17(24)20-7-3-4-8-20/h12-13,15H,3-11,18H2,1-2H3,(H,19,23)/t13?,15-/m0/s1. The van der Waals surface area contributed by atoms with Crippen LogP contribution in [0.3, 0.4) is 0 Å². The lowest BCUT2D eigenvalue weighted by Gasteiger charge is -2.34. The number of likely N-dealkylation sites (tertiary alicyclic amines) is 2. The molecule has 24 heavy (non-hydrogen) atoms. The first-order chi connectivity index (χ1) is 11.4. The second kappa shape index (κ2) is 8.46. The summed E-state index contributed by atoms with van der Waals surface area (Å²) in [6.07, 6.45) is 3.81. The minimum absolute atomic E-state index is 0.0255. The molecule has 0 spiro atoms. The van der Waals surface area contributed by atoms with Gasteiger partial charge in [0.25, 0.3) is 0 Å². The Morgan fingerprint density at radius 3 is 2.33 bits per heavy atom. The molecule has 7 nitrogen and oxygen atoms in total. The average molecular weight is 338 g/mol. The first-order valence-electron chi connectivity index (χ1n) is 9.00. The van der Waals surface area contributed by atoms with Crippen LogP contribution in [0.15, 0.2) is 0 Å². The summed E-state index contributed by atoms with van der Waals surface area (Å²) in [6, 6.07) is -0.608. The molecular formula is C17H30N4O3. The molecule has 2 atom stereocenters. The Morgan fingerprint density at radius 2 is 1.71 bits per heavy atom. The number of rotatable bonds is 5. The smallest absolute Gasteiger partial charge is 0.241 e. The van der Waals surface area contributed by atoms with E-state index in [2.05, 4.69) is 5.32 Å². The molecular weight excluding hydrogens is 308 g/mol. The van der Waals surface area contributed by atoms with E-state index in [1.54, 1.807) is 4.90 Å². The van der Waals surface area contributed by atoms with Crippen LogP contribution in [-0.4, -0.2) is 66.3 Å². The quantitative estimate of drug-likeness (QED) is 0.734. The number of carbonyl (C=O) groups excluding carboxylic acids is 3. The highest BCUT2D eigenvalue weighted by Gasteiger charge is 2.32. The van der Waals surface area contributed by atoms with Crippen LogP contribution in [0.1, 0.15) is 39.5 Å². The molecule has 0 aromatic heterocycles. The molecule has 2 rings (SSSR count). The summed E-state index contributed by atoms with van der Waals surface area (Å²) in [6.45, 7) is 6.47. The maximum absolute atomic E-state index is 12.5. The van der Waals surface area contributed by atoms with Gasteiger partial charge in [-0.1, -0.05) is 13.8 Å². The minimum atomic E-state index is -0.608. The van der Waals surface area contributed by atoms with E-state index in [1.807, 2.05) is 18.7 Å². The SMILES string of the molecule is CC(C)[C@H](N)C(=O)NCC(=O)N1CCCC(C(=O)N2CCCC2)C1. The van der Waals surface area contributed by atoms with E-state index in [9.17, 15) is 14.4 Å². The Balaban J connectivity index is 1.81. The highest BCUT2D eigenvalue weighted by molar-refractivity contribution is 5.88. The van der Waals surface area contributed by atoms with Crippen LogP contribution >= 0.6 is 0 Å². The van der Waals surface area contributed by atoms with Crippen molar-refractivity contribution in [2.24, 2.45) is 17.6 Å². The second-order valence-corrected chi connectivity index (χ2v) is 7.20. The molecule has 0 bridgehead atoms. The molecule has 2 aliphatic rings. The van der Waals surface area contributed by atoms with Crippen molar-refractivity contribution < 1.29 is 14.4 Å². The highest BCUT2D eigenvalue weighted by Crippen LogP contribution is 2.21. The number of nitrogens with two attached hydrogens (primary N) is 1. The van der Waals surface area contributed by atoms with E-state index in [4.69, 9.17) is 5.73 Å². The molecule has 0 aromatic carbocycles. The van der Waals surface area contributed by atoms with Crippen LogP contribution < -0.4 is 11.1 Å². The number of piperidine rings is 1. The topological polar surface area (TPSA) is 95.7 Å². The predicted octanol–water partition coefficient (Wildman–Crippen LogP) is -0.0531. The fraction of sp³-hybridized carbons (Fsp3) is 0.824. The molecule has 7 heteroatoms. The molecule has 2 saturated heterocycles. The van der Waals surface area contributed by atoms with Crippen LogP contribution in [0.4, 0.5) is 0 Å². The Hall–Kier alpha value is -1.63. The van der Waals surface area contributed by atoms with E-state index < -0.39 is 6.04 Å². The normalized spacial score (nSPS) is 22.6. The minimum Gasteiger partial charge on any atom is -0.346 e. The third kappa shape index (κ3) is 4.69. The number of hydrogen-bond donors (Lipinski definition) is 2. The summed E-state index contributed by atoms with van der Waals surface area (Å²) < 4.78 is 0. The molecule has 0 aliphatic carbocycles. The lowest BCUT2D eigenvalue weighted by atomic mass is 9.96. The molecule has 2 fully saturated rings. The molecule has 2 aliphatic heterocycles. The summed E-state index contributed by atoms with van der Waals surface area (Å²) in [5, 5.41) is 2.61. The number of nitrogens with zero attached hydrogens (tertiary/aromatic N) is 2. The van der Waals surface area contributed by atoms with Gasteiger partial charge in [0.1, 0.15) is 0 Å². The van der Waals surface area contributed by atoms with Crippen molar-refractivity contribution in [1.82, 2.24) is 15.1 Å². The third-order valence-corrected chi connectivity index (χ3v) is 4.98. The van der Waals surface area contributed by atoms with Crippen molar-refractivity contribution in [2.45, 2.75) is 45.6 Å². The van der Waals surface area contributed by atoms with Gasteiger partial charge in [-0.05, 0) is 31.6 Å². The highest BCUT2D eigenvalue weighted by atomic mass is 16.2. The molecule has 2 heterocycles. The molecule has 1 unspecified atom stereocenters. The van der Waals surface area contributed by atoms with E-state index in [0.29, 0.717) is 13.1 Å². The van der Waals surface area contributed by atoms with Crippen molar-refractivity contribution in [1.29, 1.82) is 0 Å². The zero-order valence-corrected chi connectivity index (χ0v) is 14.8. The maximum Gasteiger partial charge on any atom is 0.241 e. The van der Waals surface area contributed by atoms with Crippen molar-refractivity contribution in [3.63, 3.8) is 0 Å². The van der Waals surface area contributed by atoms with Crippen LogP contribution in [0, 0.1) is 11.8 Å². The summed E-state index contributed by atoms with van der Waals surface area (Å²) in [5.74, 6) is -0.346. The lowest BCUT2D eigenvalue weighted by Crippen LogP contribution is -2.51. The van der Waals surface area contributed by atoms with Gasteiger partial charge < -0.3 is 20.9 Å². The zero-order chi connectivity index (χ0) is 17.7. The maximum atomic E-state index is 12.5. The van der Waals surface area contributed by atoms with E-state index >= 15 is 0 Å². The molecule has 136 valence electrons. The first kappa shape index (κ1) is 18.7. The largest absolute Gasteiger partial charge is 0.346 e. The Labute approximate surface area is 143 Å². The van der Waals surface area contributed by atoms with Crippen molar-refractivity contribution >= 4 is 17.7 Å². The summed E-state index contributed by atoms with van der Waals surface area (Å²) in [7, 11) is 0. The third-order valence-electron chi connectivity index (χ3n) is 4.98. The molecule has 0 radical (unpaired) electrons. The molecule has 3 N–H and O–H groups in total. The van der Waals surface area contributed by atoms with Gasteiger partial charge in [0.15, 0.2) is 0 Å². The summed E-state index contributed by atoms with van der Waals surface area (Å²) in [4.78, 5) is 40.3.